The number of amides is 1. The molecule has 0 spiro atoms. The third kappa shape index (κ3) is 5.56. The molecule has 0 saturated carbocycles. The van der Waals surface area contributed by atoms with Crippen molar-refractivity contribution in [3.8, 4) is 0 Å². The summed E-state index contributed by atoms with van der Waals surface area (Å²) >= 11 is 0. The lowest BCUT2D eigenvalue weighted by atomic mass is 10.1. The molecule has 1 amide bonds. The van der Waals surface area contributed by atoms with Gasteiger partial charge in [-0.1, -0.05) is 19.8 Å². The largest absolute Gasteiger partial charge is 0.393 e. The fraction of sp³-hybridized carbons (Fsp3) is 0.857. The van der Waals surface area contributed by atoms with Crippen molar-refractivity contribution in [2.75, 3.05) is 0 Å². The molecule has 0 saturated heterocycles. The summed E-state index contributed by atoms with van der Waals surface area (Å²) in [5, 5.41) is 9.05. The lowest BCUT2D eigenvalue weighted by Crippen LogP contribution is -2.19. The van der Waals surface area contributed by atoms with Crippen molar-refractivity contribution in [3.63, 3.8) is 0 Å². The summed E-state index contributed by atoms with van der Waals surface area (Å²) in [6, 6.07) is 0. The van der Waals surface area contributed by atoms with Crippen LogP contribution in [0.3, 0.4) is 0 Å². The molecule has 0 bridgehead atoms. The number of aliphatic hydroxyl groups is 1. The van der Waals surface area contributed by atoms with E-state index in [1.807, 2.05) is 6.92 Å². The van der Waals surface area contributed by atoms with Crippen LogP contribution in [0.4, 0.5) is 0 Å². The molecule has 0 aromatic rings. The van der Waals surface area contributed by atoms with Crippen LogP contribution >= 0.6 is 0 Å². The molecule has 0 radical (unpaired) electrons. The SMILES string of the molecule is CCCCC(O)CC(N)=O. The van der Waals surface area contributed by atoms with Crippen LogP contribution in [0.5, 0.6) is 0 Å². The third-order valence-corrected chi connectivity index (χ3v) is 1.33. The lowest BCUT2D eigenvalue weighted by Gasteiger charge is -2.05. The molecular formula is C7H15NO2. The predicted molar refractivity (Wildman–Crippen MR) is 39.3 cm³/mol. The monoisotopic (exact) mass is 145 g/mol. The van der Waals surface area contributed by atoms with Crippen molar-refractivity contribution >= 4 is 5.91 Å². The molecule has 0 aromatic carbocycles. The van der Waals surface area contributed by atoms with Crippen LogP contribution in [-0.2, 0) is 4.79 Å². The van der Waals surface area contributed by atoms with E-state index in [2.05, 4.69) is 0 Å². The number of carbonyl (C=O) groups excluding carboxylic acids is 1. The molecule has 0 fully saturated rings. The molecule has 1 atom stereocenters. The third-order valence-electron chi connectivity index (χ3n) is 1.33. The Bertz CT molecular complexity index is 104. The Hall–Kier alpha value is -0.570. The predicted octanol–water partition coefficient (Wildman–Crippen LogP) is 0.413. The second-order valence-electron chi connectivity index (χ2n) is 2.47. The maximum Gasteiger partial charge on any atom is 0.220 e. The Morgan fingerprint density at radius 2 is 2.30 bits per heavy atom. The van der Waals surface area contributed by atoms with Crippen LogP contribution in [0.15, 0.2) is 0 Å². The number of hydrogen-bond donors (Lipinski definition) is 2. The van der Waals surface area contributed by atoms with Crippen LogP contribution in [0.1, 0.15) is 32.6 Å². The molecule has 0 aliphatic carbocycles. The fourth-order valence-electron chi connectivity index (χ4n) is 0.774. The molecule has 0 aliphatic heterocycles. The van der Waals surface area contributed by atoms with Gasteiger partial charge in [0.1, 0.15) is 0 Å². The van der Waals surface area contributed by atoms with Crippen molar-refractivity contribution in [1.82, 2.24) is 0 Å². The zero-order valence-corrected chi connectivity index (χ0v) is 6.34. The molecule has 0 aromatic heterocycles. The highest BCUT2D eigenvalue weighted by atomic mass is 16.3. The molecule has 3 nitrogen and oxygen atoms in total. The number of primary amides is 1. The van der Waals surface area contributed by atoms with Crippen LogP contribution in [0.2, 0.25) is 0 Å². The van der Waals surface area contributed by atoms with Crippen LogP contribution in [0.25, 0.3) is 0 Å². The molecule has 10 heavy (non-hydrogen) atoms. The second kappa shape index (κ2) is 5.23. The Morgan fingerprint density at radius 3 is 2.70 bits per heavy atom. The number of aliphatic hydroxyl groups excluding tert-OH is 1. The molecule has 3 N–H and O–H groups in total. The summed E-state index contributed by atoms with van der Waals surface area (Å²) in [5.41, 5.74) is 4.87. The summed E-state index contributed by atoms with van der Waals surface area (Å²) in [6.45, 7) is 2.04. The minimum atomic E-state index is -0.530. The van der Waals surface area contributed by atoms with Gasteiger partial charge < -0.3 is 10.8 Å². The van der Waals surface area contributed by atoms with E-state index >= 15 is 0 Å². The van der Waals surface area contributed by atoms with Gasteiger partial charge in [-0.15, -0.1) is 0 Å². The topological polar surface area (TPSA) is 63.3 Å². The first-order valence-electron chi connectivity index (χ1n) is 3.63. The van der Waals surface area contributed by atoms with Gasteiger partial charge in [0, 0.05) is 0 Å². The normalized spacial score (nSPS) is 13.0. The van der Waals surface area contributed by atoms with Crippen molar-refractivity contribution in [2.24, 2.45) is 5.73 Å². The Labute approximate surface area is 61.2 Å². The van der Waals surface area contributed by atoms with Gasteiger partial charge in [0.25, 0.3) is 0 Å². The minimum absolute atomic E-state index is 0.0972. The Balaban J connectivity index is 3.25. The van der Waals surface area contributed by atoms with E-state index in [9.17, 15) is 4.79 Å². The first-order chi connectivity index (χ1) is 4.66. The summed E-state index contributed by atoms with van der Waals surface area (Å²) < 4.78 is 0. The standard InChI is InChI=1S/C7H15NO2/c1-2-3-4-6(9)5-7(8)10/h6,9H,2-5H2,1H3,(H2,8,10). The van der Waals surface area contributed by atoms with Crippen LogP contribution in [0, 0.1) is 0 Å². The minimum Gasteiger partial charge on any atom is -0.393 e. The van der Waals surface area contributed by atoms with Gasteiger partial charge in [-0.3, -0.25) is 4.79 Å². The molecule has 0 rings (SSSR count). The maximum absolute atomic E-state index is 10.2. The zero-order valence-electron chi connectivity index (χ0n) is 6.34. The summed E-state index contributed by atoms with van der Waals surface area (Å²) in [7, 11) is 0. The van der Waals surface area contributed by atoms with Crippen molar-refractivity contribution in [1.29, 1.82) is 0 Å². The molecular weight excluding hydrogens is 130 g/mol. The summed E-state index contributed by atoms with van der Waals surface area (Å²) in [4.78, 5) is 10.2. The number of nitrogens with two attached hydrogens (primary N) is 1. The fourth-order valence-corrected chi connectivity index (χ4v) is 0.774. The van der Waals surface area contributed by atoms with E-state index < -0.39 is 12.0 Å². The average molecular weight is 145 g/mol. The highest BCUT2D eigenvalue weighted by Gasteiger charge is 2.05. The molecule has 0 heterocycles. The lowest BCUT2D eigenvalue weighted by molar-refractivity contribution is -0.119. The van der Waals surface area contributed by atoms with Crippen molar-refractivity contribution < 1.29 is 9.90 Å². The number of carbonyl (C=O) groups is 1. The molecule has 3 heteroatoms. The van der Waals surface area contributed by atoms with E-state index in [4.69, 9.17) is 10.8 Å². The smallest absolute Gasteiger partial charge is 0.220 e. The maximum atomic E-state index is 10.2. The first kappa shape index (κ1) is 9.43. The molecule has 60 valence electrons. The quantitative estimate of drug-likeness (QED) is 0.588. The van der Waals surface area contributed by atoms with E-state index in [0.717, 1.165) is 12.8 Å². The second-order valence-corrected chi connectivity index (χ2v) is 2.47. The van der Waals surface area contributed by atoms with Gasteiger partial charge >= 0.3 is 0 Å². The van der Waals surface area contributed by atoms with Gasteiger partial charge in [0.05, 0.1) is 12.5 Å². The highest BCUT2D eigenvalue weighted by molar-refractivity contribution is 5.74. The van der Waals surface area contributed by atoms with E-state index in [-0.39, 0.29) is 6.42 Å². The Morgan fingerprint density at radius 1 is 1.70 bits per heavy atom. The van der Waals surface area contributed by atoms with Gasteiger partial charge in [0.2, 0.25) is 5.91 Å². The number of rotatable bonds is 5. The summed E-state index contributed by atoms with van der Waals surface area (Å²) in [5.74, 6) is -0.427. The van der Waals surface area contributed by atoms with Gasteiger partial charge in [-0.25, -0.2) is 0 Å². The van der Waals surface area contributed by atoms with Gasteiger partial charge in [-0.2, -0.15) is 0 Å². The zero-order chi connectivity index (χ0) is 7.98. The van der Waals surface area contributed by atoms with E-state index in [1.54, 1.807) is 0 Å². The van der Waals surface area contributed by atoms with Crippen LogP contribution in [-0.4, -0.2) is 17.1 Å². The average Bonchev–Trinajstić information content (AvgIpc) is 1.82. The van der Waals surface area contributed by atoms with Gasteiger partial charge in [-0.05, 0) is 6.42 Å². The number of hydrogen-bond acceptors (Lipinski definition) is 2. The van der Waals surface area contributed by atoms with Crippen LogP contribution < -0.4 is 5.73 Å². The summed E-state index contributed by atoms with van der Waals surface area (Å²) in [6.07, 6.45) is 2.24. The van der Waals surface area contributed by atoms with Crippen molar-refractivity contribution in [3.05, 3.63) is 0 Å². The van der Waals surface area contributed by atoms with E-state index in [1.165, 1.54) is 0 Å². The molecule has 1 unspecified atom stereocenters. The number of unbranched alkanes of at least 4 members (excludes halogenated alkanes) is 1. The first-order valence-corrected chi connectivity index (χ1v) is 3.63. The van der Waals surface area contributed by atoms with Gasteiger partial charge in [0.15, 0.2) is 0 Å². The highest BCUT2D eigenvalue weighted by Crippen LogP contribution is 2.02. The van der Waals surface area contributed by atoms with E-state index in [0.29, 0.717) is 6.42 Å². The molecule has 0 aliphatic rings. The van der Waals surface area contributed by atoms with Crippen molar-refractivity contribution in [2.45, 2.75) is 38.7 Å². The Kier molecular flexibility index (Phi) is 4.94.